The highest BCUT2D eigenvalue weighted by molar-refractivity contribution is 8.00. The Labute approximate surface area is 210 Å². The lowest BCUT2D eigenvalue weighted by atomic mass is 10.1. The maximum Gasteiger partial charge on any atom is 0.241 e. The standard InChI is InChI=1S/C24H31N3O6S2/c1-4-5-6-16-7-10-18(11-8-16)35(30,31)21-14-25-24(27-23(21)29)34-15-22(28)26-19-12-9-17(32-2)13-20(19)33-3/h7-13,21,24-25H,4-6,14-15H2,1-3H3,(H,26,28)(H,27,29). The molecular weight excluding hydrogens is 490 g/mol. The minimum Gasteiger partial charge on any atom is -0.497 e. The zero-order valence-corrected chi connectivity index (χ0v) is 21.6. The third-order valence-corrected chi connectivity index (χ3v) is 8.67. The Bertz CT molecular complexity index is 1140. The summed E-state index contributed by atoms with van der Waals surface area (Å²) < 4.78 is 36.4. The van der Waals surface area contributed by atoms with E-state index >= 15 is 0 Å². The number of hydrogen-bond donors (Lipinski definition) is 3. The van der Waals surface area contributed by atoms with Crippen LogP contribution < -0.4 is 25.4 Å². The number of methoxy groups -OCH3 is 2. The average molecular weight is 522 g/mol. The third kappa shape index (κ3) is 6.89. The summed E-state index contributed by atoms with van der Waals surface area (Å²) in [7, 11) is -0.816. The number of ether oxygens (including phenoxy) is 2. The molecule has 2 aromatic rings. The number of nitrogens with one attached hydrogen (secondary N) is 3. The second-order valence-corrected chi connectivity index (χ2v) is 11.2. The molecule has 1 aliphatic heterocycles. The van der Waals surface area contributed by atoms with Crippen LogP contribution in [0.25, 0.3) is 0 Å². The fourth-order valence-corrected chi connectivity index (χ4v) is 5.88. The van der Waals surface area contributed by atoms with Crippen LogP contribution in [0.3, 0.4) is 0 Å². The van der Waals surface area contributed by atoms with Crippen LogP contribution in [0, 0.1) is 0 Å². The number of unbranched alkanes of at least 4 members (excludes halogenated alkanes) is 1. The number of carbonyl (C=O) groups excluding carboxylic acids is 2. The van der Waals surface area contributed by atoms with Gasteiger partial charge in [0.15, 0.2) is 15.1 Å². The van der Waals surface area contributed by atoms with Crippen molar-refractivity contribution < 1.29 is 27.5 Å². The molecule has 0 saturated carbocycles. The molecule has 3 N–H and O–H groups in total. The number of thioether (sulfide) groups is 1. The molecule has 11 heteroatoms. The van der Waals surface area contributed by atoms with Crippen molar-refractivity contribution in [2.24, 2.45) is 0 Å². The third-order valence-electron chi connectivity index (χ3n) is 5.56. The van der Waals surface area contributed by atoms with Gasteiger partial charge in [-0.3, -0.25) is 14.9 Å². The number of benzene rings is 2. The van der Waals surface area contributed by atoms with E-state index in [4.69, 9.17) is 9.47 Å². The largest absolute Gasteiger partial charge is 0.497 e. The summed E-state index contributed by atoms with van der Waals surface area (Å²) in [6.45, 7) is 2.06. The fraction of sp³-hybridized carbons (Fsp3) is 0.417. The second-order valence-electron chi connectivity index (χ2n) is 8.00. The molecule has 0 bridgehead atoms. The Balaban J connectivity index is 1.53. The van der Waals surface area contributed by atoms with E-state index in [1.807, 2.05) is 0 Å². The lowest BCUT2D eigenvalue weighted by molar-refractivity contribution is -0.122. The molecule has 3 rings (SSSR count). The van der Waals surface area contributed by atoms with E-state index in [1.54, 1.807) is 42.5 Å². The molecule has 2 atom stereocenters. The van der Waals surface area contributed by atoms with E-state index in [9.17, 15) is 18.0 Å². The van der Waals surface area contributed by atoms with Crippen molar-refractivity contribution in [1.29, 1.82) is 0 Å². The SMILES string of the molecule is CCCCc1ccc(S(=O)(=O)C2CNC(SCC(=O)Nc3ccc(OC)cc3OC)NC2=O)cc1. The van der Waals surface area contributed by atoms with E-state index in [-0.39, 0.29) is 23.1 Å². The van der Waals surface area contributed by atoms with Gasteiger partial charge >= 0.3 is 0 Å². The van der Waals surface area contributed by atoms with Gasteiger partial charge in [0.05, 0.1) is 30.6 Å². The summed E-state index contributed by atoms with van der Waals surface area (Å²) in [5, 5.41) is 7.17. The zero-order chi connectivity index (χ0) is 25.4. The van der Waals surface area contributed by atoms with Gasteiger partial charge in [-0.15, -0.1) is 11.8 Å². The molecule has 2 aromatic carbocycles. The Hall–Kier alpha value is -2.76. The lowest BCUT2D eigenvalue weighted by Crippen LogP contribution is -2.59. The summed E-state index contributed by atoms with van der Waals surface area (Å²) in [5.74, 6) is 0.198. The first-order chi connectivity index (χ1) is 16.8. The summed E-state index contributed by atoms with van der Waals surface area (Å²) in [6, 6.07) is 11.8. The van der Waals surface area contributed by atoms with Gasteiger partial charge in [0.25, 0.3) is 0 Å². The van der Waals surface area contributed by atoms with Crippen molar-refractivity contribution >= 4 is 39.1 Å². The fourth-order valence-electron chi connectivity index (χ4n) is 3.57. The van der Waals surface area contributed by atoms with Crippen LogP contribution >= 0.6 is 11.8 Å². The predicted octanol–water partition coefficient (Wildman–Crippen LogP) is 2.56. The van der Waals surface area contributed by atoms with Crippen molar-refractivity contribution in [1.82, 2.24) is 10.6 Å². The molecular formula is C24H31N3O6S2. The zero-order valence-electron chi connectivity index (χ0n) is 20.0. The van der Waals surface area contributed by atoms with Crippen LogP contribution in [-0.4, -0.2) is 57.5 Å². The predicted molar refractivity (Wildman–Crippen MR) is 137 cm³/mol. The molecule has 9 nitrogen and oxygen atoms in total. The van der Waals surface area contributed by atoms with Crippen LogP contribution in [0.15, 0.2) is 47.4 Å². The van der Waals surface area contributed by atoms with Gasteiger partial charge in [0.2, 0.25) is 11.8 Å². The molecule has 0 aliphatic carbocycles. The normalized spacial score (nSPS) is 18.0. The number of rotatable bonds is 11. The number of sulfone groups is 1. The summed E-state index contributed by atoms with van der Waals surface area (Å²) in [6.07, 6.45) is 2.98. The van der Waals surface area contributed by atoms with Gasteiger partial charge in [-0.25, -0.2) is 8.42 Å². The quantitative estimate of drug-likeness (QED) is 0.412. The van der Waals surface area contributed by atoms with Gasteiger partial charge in [0, 0.05) is 12.6 Å². The highest BCUT2D eigenvalue weighted by atomic mass is 32.2. The number of amides is 2. The molecule has 0 spiro atoms. The maximum absolute atomic E-state index is 13.0. The average Bonchev–Trinajstić information content (AvgIpc) is 2.86. The van der Waals surface area contributed by atoms with Crippen molar-refractivity contribution in [3.05, 3.63) is 48.0 Å². The van der Waals surface area contributed by atoms with Gasteiger partial charge in [-0.1, -0.05) is 25.5 Å². The molecule has 1 fully saturated rings. The highest BCUT2D eigenvalue weighted by Gasteiger charge is 2.38. The van der Waals surface area contributed by atoms with Crippen LogP contribution in [0.5, 0.6) is 11.5 Å². The van der Waals surface area contributed by atoms with Crippen LogP contribution in [0.1, 0.15) is 25.3 Å². The first-order valence-electron chi connectivity index (χ1n) is 11.3. The van der Waals surface area contributed by atoms with Crippen molar-refractivity contribution in [2.75, 3.05) is 31.8 Å². The first kappa shape index (κ1) is 26.8. The number of aryl methyl sites for hydroxylation is 1. The lowest BCUT2D eigenvalue weighted by Gasteiger charge is -2.29. The summed E-state index contributed by atoms with van der Waals surface area (Å²) in [4.78, 5) is 25.2. The van der Waals surface area contributed by atoms with Crippen LogP contribution in [0.4, 0.5) is 5.69 Å². The van der Waals surface area contributed by atoms with Crippen molar-refractivity contribution in [3.63, 3.8) is 0 Å². The number of anilines is 1. The van der Waals surface area contributed by atoms with Crippen molar-refractivity contribution in [2.45, 2.75) is 41.8 Å². The Morgan fingerprint density at radius 2 is 1.89 bits per heavy atom. The molecule has 35 heavy (non-hydrogen) atoms. The highest BCUT2D eigenvalue weighted by Crippen LogP contribution is 2.29. The minimum absolute atomic E-state index is 0.0315. The van der Waals surface area contributed by atoms with E-state index in [1.165, 1.54) is 14.2 Å². The first-order valence-corrected chi connectivity index (χ1v) is 13.9. The Morgan fingerprint density at radius 3 is 2.51 bits per heavy atom. The molecule has 1 heterocycles. The van der Waals surface area contributed by atoms with Gasteiger partial charge in [-0.05, 0) is 42.7 Å². The summed E-state index contributed by atoms with van der Waals surface area (Å²) in [5.41, 5.74) is 0.972. The van der Waals surface area contributed by atoms with E-state index < -0.39 is 26.5 Å². The van der Waals surface area contributed by atoms with Gasteiger partial charge in [-0.2, -0.15) is 0 Å². The smallest absolute Gasteiger partial charge is 0.241 e. The summed E-state index contributed by atoms with van der Waals surface area (Å²) >= 11 is 1.15. The molecule has 190 valence electrons. The number of hydrogen-bond acceptors (Lipinski definition) is 8. The minimum atomic E-state index is -3.84. The van der Waals surface area contributed by atoms with E-state index in [0.29, 0.717) is 17.2 Å². The Morgan fingerprint density at radius 1 is 1.14 bits per heavy atom. The van der Waals surface area contributed by atoms with Gasteiger partial charge < -0.3 is 20.1 Å². The van der Waals surface area contributed by atoms with E-state index in [2.05, 4.69) is 22.9 Å². The molecule has 2 unspecified atom stereocenters. The van der Waals surface area contributed by atoms with Crippen LogP contribution in [0.2, 0.25) is 0 Å². The molecule has 0 aromatic heterocycles. The molecule has 2 amide bonds. The van der Waals surface area contributed by atoms with Crippen molar-refractivity contribution in [3.8, 4) is 11.5 Å². The second kappa shape index (κ2) is 12.3. The van der Waals surface area contributed by atoms with Crippen LogP contribution in [-0.2, 0) is 25.8 Å². The Kier molecular flexibility index (Phi) is 9.41. The molecule has 0 radical (unpaired) electrons. The van der Waals surface area contributed by atoms with E-state index in [0.717, 1.165) is 36.6 Å². The molecule has 1 saturated heterocycles. The number of carbonyl (C=O) groups is 2. The monoisotopic (exact) mass is 521 g/mol. The maximum atomic E-state index is 13.0. The van der Waals surface area contributed by atoms with Gasteiger partial charge in [0.1, 0.15) is 17.0 Å². The molecule has 1 aliphatic rings. The topological polar surface area (TPSA) is 123 Å².